The largest absolute Gasteiger partial charge is 0.300 e. The highest BCUT2D eigenvalue weighted by molar-refractivity contribution is 5.81. The zero-order chi connectivity index (χ0) is 7.30. The normalized spacial score (nSPS) is 52.4. The van der Waals surface area contributed by atoms with Crippen LogP contribution in [0.3, 0.4) is 0 Å². The first kappa shape index (κ1) is 6.38. The Morgan fingerprint density at radius 2 is 1.50 bits per heavy atom. The second kappa shape index (κ2) is 1.84. The average Bonchev–Trinajstić information content (AvgIpc) is 2.27. The molecule has 0 heterocycles. The standard InChI is InChI=1S/C9H14O/c1-5-6(2)9-4-7(10)3-8(5)9/h5-6,8-9H,3-4H2,1-2H3/t5-,6+,8-,9+. The van der Waals surface area contributed by atoms with E-state index in [1.807, 2.05) is 0 Å². The van der Waals surface area contributed by atoms with Crippen molar-refractivity contribution in [3.05, 3.63) is 0 Å². The zero-order valence-electron chi connectivity index (χ0n) is 6.63. The lowest BCUT2D eigenvalue weighted by molar-refractivity contribution is -0.117. The van der Waals surface area contributed by atoms with Crippen LogP contribution in [-0.2, 0) is 4.79 Å². The van der Waals surface area contributed by atoms with E-state index in [1.54, 1.807) is 0 Å². The summed E-state index contributed by atoms with van der Waals surface area (Å²) in [6.07, 6.45) is 1.77. The molecule has 0 saturated heterocycles. The lowest BCUT2D eigenvalue weighted by atomic mass is 9.60. The third kappa shape index (κ3) is 0.609. The molecule has 2 fully saturated rings. The van der Waals surface area contributed by atoms with Crippen LogP contribution < -0.4 is 0 Å². The molecule has 2 saturated carbocycles. The summed E-state index contributed by atoms with van der Waals surface area (Å²) in [6, 6.07) is 0. The van der Waals surface area contributed by atoms with E-state index in [0.717, 1.165) is 36.5 Å². The number of ketones is 1. The highest BCUT2D eigenvalue weighted by atomic mass is 16.1. The molecule has 4 atom stereocenters. The van der Waals surface area contributed by atoms with Gasteiger partial charge in [0.15, 0.2) is 0 Å². The van der Waals surface area contributed by atoms with Crippen molar-refractivity contribution in [2.75, 3.05) is 0 Å². The fourth-order valence-corrected chi connectivity index (χ4v) is 2.70. The summed E-state index contributed by atoms with van der Waals surface area (Å²) in [4.78, 5) is 11.0. The Kier molecular flexibility index (Phi) is 1.17. The van der Waals surface area contributed by atoms with Crippen molar-refractivity contribution < 1.29 is 4.79 Å². The van der Waals surface area contributed by atoms with Crippen LogP contribution in [0.15, 0.2) is 0 Å². The molecule has 0 aromatic heterocycles. The number of Topliss-reactive ketones (excluding diaryl/α,β-unsaturated/α-hetero) is 1. The molecule has 0 N–H and O–H groups in total. The number of hydrogen-bond donors (Lipinski definition) is 0. The molecule has 2 aliphatic carbocycles. The summed E-state index contributed by atoms with van der Waals surface area (Å²) in [7, 11) is 0. The Bertz CT molecular complexity index is 156. The van der Waals surface area contributed by atoms with Gasteiger partial charge in [-0.15, -0.1) is 0 Å². The summed E-state index contributed by atoms with van der Waals surface area (Å²) >= 11 is 0. The molecule has 0 bridgehead atoms. The van der Waals surface area contributed by atoms with Gasteiger partial charge in [-0.2, -0.15) is 0 Å². The Hall–Kier alpha value is -0.330. The van der Waals surface area contributed by atoms with E-state index < -0.39 is 0 Å². The van der Waals surface area contributed by atoms with Crippen molar-refractivity contribution in [3.8, 4) is 0 Å². The molecule has 1 nitrogen and oxygen atoms in total. The second-order valence-corrected chi connectivity index (χ2v) is 3.99. The van der Waals surface area contributed by atoms with Gasteiger partial charge in [0.2, 0.25) is 0 Å². The molecule has 56 valence electrons. The van der Waals surface area contributed by atoms with Crippen molar-refractivity contribution >= 4 is 5.78 Å². The molecule has 0 aromatic carbocycles. The fourth-order valence-electron chi connectivity index (χ4n) is 2.70. The molecule has 0 aromatic rings. The predicted molar refractivity (Wildman–Crippen MR) is 39.5 cm³/mol. The highest BCUT2D eigenvalue weighted by Gasteiger charge is 2.50. The third-order valence-electron chi connectivity index (χ3n) is 3.66. The second-order valence-electron chi connectivity index (χ2n) is 3.99. The van der Waals surface area contributed by atoms with E-state index in [0.29, 0.717) is 5.78 Å². The molecule has 0 aliphatic heterocycles. The first-order valence-electron chi connectivity index (χ1n) is 4.22. The summed E-state index contributed by atoms with van der Waals surface area (Å²) in [5.74, 6) is 3.67. The Labute approximate surface area is 61.8 Å². The predicted octanol–water partition coefficient (Wildman–Crippen LogP) is 1.87. The van der Waals surface area contributed by atoms with Gasteiger partial charge in [0, 0.05) is 12.8 Å². The number of hydrogen-bond acceptors (Lipinski definition) is 1. The fraction of sp³-hybridized carbons (Fsp3) is 0.889. The molecule has 0 spiro atoms. The topological polar surface area (TPSA) is 17.1 Å². The lowest BCUT2D eigenvalue weighted by Crippen LogP contribution is -2.39. The van der Waals surface area contributed by atoms with E-state index in [2.05, 4.69) is 13.8 Å². The maximum atomic E-state index is 11.0. The smallest absolute Gasteiger partial charge is 0.133 e. The molecular formula is C9H14O. The van der Waals surface area contributed by atoms with Gasteiger partial charge in [0.25, 0.3) is 0 Å². The van der Waals surface area contributed by atoms with E-state index in [1.165, 1.54) is 0 Å². The maximum absolute atomic E-state index is 11.0. The number of carbonyl (C=O) groups excluding carboxylic acids is 1. The maximum Gasteiger partial charge on any atom is 0.133 e. The van der Waals surface area contributed by atoms with Crippen molar-refractivity contribution in [1.29, 1.82) is 0 Å². The number of fused-ring (bicyclic) bond motifs is 1. The van der Waals surface area contributed by atoms with E-state index in [4.69, 9.17) is 0 Å². The Morgan fingerprint density at radius 1 is 1.10 bits per heavy atom. The third-order valence-corrected chi connectivity index (χ3v) is 3.66. The molecule has 2 aliphatic rings. The van der Waals surface area contributed by atoms with Gasteiger partial charge in [-0.3, -0.25) is 4.79 Å². The monoisotopic (exact) mass is 138 g/mol. The molecule has 1 heteroatoms. The first-order valence-corrected chi connectivity index (χ1v) is 4.22. The van der Waals surface area contributed by atoms with Gasteiger partial charge in [0.1, 0.15) is 5.78 Å². The molecule has 10 heavy (non-hydrogen) atoms. The van der Waals surface area contributed by atoms with Crippen molar-refractivity contribution in [1.82, 2.24) is 0 Å². The summed E-state index contributed by atoms with van der Waals surface area (Å²) in [6.45, 7) is 4.56. The van der Waals surface area contributed by atoms with E-state index in [-0.39, 0.29) is 0 Å². The molecule has 2 rings (SSSR count). The quantitative estimate of drug-likeness (QED) is 0.499. The van der Waals surface area contributed by atoms with E-state index in [9.17, 15) is 4.79 Å². The van der Waals surface area contributed by atoms with Crippen LogP contribution in [0, 0.1) is 23.7 Å². The van der Waals surface area contributed by atoms with Crippen LogP contribution in [0.25, 0.3) is 0 Å². The van der Waals surface area contributed by atoms with Gasteiger partial charge in [-0.05, 0) is 23.7 Å². The molecule has 0 amide bonds. The van der Waals surface area contributed by atoms with Gasteiger partial charge in [0.05, 0.1) is 0 Å². The van der Waals surface area contributed by atoms with Crippen LogP contribution in [-0.4, -0.2) is 5.78 Å². The minimum absolute atomic E-state index is 0.506. The SMILES string of the molecule is C[C@@H]1[C@H](C)[C@@H]2CC(=O)C[C@H]12. The number of carbonyl (C=O) groups is 1. The summed E-state index contributed by atoms with van der Waals surface area (Å²) < 4.78 is 0. The van der Waals surface area contributed by atoms with Crippen molar-refractivity contribution in [3.63, 3.8) is 0 Å². The van der Waals surface area contributed by atoms with Gasteiger partial charge in [-0.1, -0.05) is 13.8 Å². The Balaban J connectivity index is 2.11. The van der Waals surface area contributed by atoms with Gasteiger partial charge >= 0.3 is 0 Å². The van der Waals surface area contributed by atoms with Crippen LogP contribution in [0.4, 0.5) is 0 Å². The zero-order valence-corrected chi connectivity index (χ0v) is 6.63. The van der Waals surface area contributed by atoms with Crippen LogP contribution in [0.2, 0.25) is 0 Å². The molecule has 0 unspecified atom stereocenters. The van der Waals surface area contributed by atoms with Crippen molar-refractivity contribution in [2.24, 2.45) is 23.7 Å². The van der Waals surface area contributed by atoms with E-state index >= 15 is 0 Å². The minimum Gasteiger partial charge on any atom is -0.300 e. The van der Waals surface area contributed by atoms with Crippen LogP contribution in [0.5, 0.6) is 0 Å². The van der Waals surface area contributed by atoms with Gasteiger partial charge < -0.3 is 0 Å². The molecule has 0 radical (unpaired) electrons. The van der Waals surface area contributed by atoms with Crippen LogP contribution >= 0.6 is 0 Å². The lowest BCUT2D eigenvalue weighted by Gasteiger charge is -2.44. The number of rotatable bonds is 0. The van der Waals surface area contributed by atoms with Crippen LogP contribution in [0.1, 0.15) is 26.7 Å². The average molecular weight is 138 g/mol. The first-order chi connectivity index (χ1) is 4.70. The minimum atomic E-state index is 0.506. The Morgan fingerprint density at radius 3 is 1.90 bits per heavy atom. The summed E-state index contributed by atoms with van der Waals surface area (Å²) in [5.41, 5.74) is 0. The van der Waals surface area contributed by atoms with Gasteiger partial charge in [-0.25, -0.2) is 0 Å². The molecular weight excluding hydrogens is 124 g/mol. The van der Waals surface area contributed by atoms with Crippen molar-refractivity contribution in [2.45, 2.75) is 26.7 Å². The highest BCUT2D eigenvalue weighted by Crippen LogP contribution is 2.53. The summed E-state index contributed by atoms with van der Waals surface area (Å²) in [5, 5.41) is 0.